The van der Waals surface area contributed by atoms with Gasteiger partial charge in [0.05, 0.1) is 17.2 Å². The van der Waals surface area contributed by atoms with Crippen molar-refractivity contribution in [2.24, 2.45) is 5.73 Å². The average Bonchev–Trinajstić information content (AvgIpc) is 2.36. The van der Waals surface area contributed by atoms with Gasteiger partial charge in [0.15, 0.2) is 0 Å². The smallest absolute Gasteiger partial charge is 0.270 e. The molecule has 1 fully saturated rings. The zero-order valence-corrected chi connectivity index (χ0v) is 10.9. The molecule has 0 aromatic carbocycles. The van der Waals surface area contributed by atoms with Gasteiger partial charge in [0.2, 0.25) is 0 Å². The number of aromatic nitrogens is 1. The number of pyridine rings is 1. The number of nitrogens with zero attached hydrogens (tertiary/aromatic N) is 1. The van der Waals surface area contributed by atoms with Gasteiger partial charge < -0.3 is 15.8 Å². The van der Waals surface area contributed by atoms with E-state index in [1.54, 1.807) is 12.1 Å². The molecule has 6 heteroatoms. The summed E-state index contributed by atoms with van der Waals surface area (Å²) in [5, 5.41) is 3.34. The van der Waals surface area contributed by atoms with Crippen molar-refractivity contribution in [2.75, 3.05) is 6.61 Å². The summed E-state index contributed by atoms with van der Waals surface area (Å²) in [5.41, 5.74) is 6.19. The Morgan fingerprint density at radius 1 is 1.67 bits per heavy atom. The van der Waals surface area contributed by atoms with Crippen molar-refractivity contribution in [3.05, 3.63) is 29.0 Å². The van der Waals surface area contributed by atoms with Crippen LogP contribution in [0.25, 0.3) is 0 Å². The van der Waals surface area contributed by atoms with Crippen molar-refractivity contribution in [3.8, 4) is 0 Å². The molecule has 5 nitrogen and oxygen atoms in total. The van der Waals surface area contributed by atoms with Crippen LogP contribution in [0.3, 0.4) is 0 Å². The molecule has 0 bridgehead atoms. The molecule has 1 aromatic rings. The predicted molar refractivity (Wildman–Crippen MR) is 68.5 cm³/mol. The summed E-state index contributed by atoms with van der Waals surface area (Å²) < 4.78 is 5.48. The highest BCUT2D eigenvalue weighted by molar-refractivity contribution is 6.30. The van der Waals surface area contributed by atoms with Crippen LogP contribution in [0.15, 0.2) is 18.3 Å². The van der Waals surface area contributed by atoms with E-state index in [0.29, 0.717) is 17.3 Å². The highest BCUT2D eigenvalue weighted by Crippen LogP contribution is 2.22. The van der Waals surface area contributed by atoms with Gasteiger partial charge in [0.25, 0.3) is 5.91 Å². The van der Waals surface area contributed by atoms with Gasteiger partial charge >= 0.3 is 0 Å². The van der Waals surface area contributed by atoms with Crippen molar-refractivity contribution in [1.29, 1.82) is 0 Å². The first-order chi connectivity index (χ1) is 8.61. The minimum absolute atomic E-state index is 0.00116. The Balaban J connectivity index is 1.96. The molecule has 3 unspecified atom stereocenters. The van der Waals surface area contributed by atoms with Crippen molar-refractivity contribution >= 4 is 17.5 Å². The SMILES string of the molecule is CCOC1CC(N)C1NC(=O)c1ccc(Cl)cn1. The number of rotatable bonds is 4. The minimum Gasteiger partial charge on any atom is -0.376 e. The number of halogens is 1. The van der Waals surface area contributed by atoms with E-state index in [1.807, 2.05) is 6.92 Å². The average molecular weight is 270 g/mol. The van der Waals surface area contributed by atoms with E-state index in [1.165, 1.54) is 6.20 Å². The molecule has 1 aliphatic rings. The number of ether oxygens (including phenoxy) is 1. The quantitative estimate of drug-likeness (QED) is 0.854. The summed E-state index contributed by atoms with van der Waals surface area (Å²) in [6.07, 6.45) is 2.21. The largest absolute Gasteiger partial charge is 0.376 e. The van der Waals surface area contributed by atoms with Crippen molar-refractivity contribution in [1.82, 2.24) is 10.3 Å². The highest BCUT2D eigenvalue weighted by atomic mass is 35.5. The monoisotopic (exact) mass is 269 g/mol. The van der Waals surface area contributed by atoms with E-state index < -0.39 is 0 Å². The molecule has 18 heavy (non-hydrogen) atoms. The van der Waals surface area contributed by atoms with Crippen LogP contribution >= 0.6 is 11.6 Å². The number of hydrogen-bond donors (Lipinski definition) is 2. The minimum atomic E-state index is -0.253. The lowest BCUT2D eigenvalue weighted by Gasteiger charge is -2.42. The Kier molecular flexibility index (Phi) is 4.16. The van der Waals surface area contributed by atoms with Crippen LogP contribution in [0.5, 0.6) is 0 Å². The Labute approximate surface area is 111 Å². The number of nitrogens with two attached hydrogens (primary N) is 1. The lowest BCUT2D eigenvalue weighted by Crippen LogP contribution is -2.64. The summed E-state index contributed by atoms with van der Waals surface area (Å²) in [5.74, 6) is -0.253. The van der Waals surface area contributed by atoms with Crippen LogP contribution < -0.4 is 11.1 Å². The maximum atomic E-state index is 11.9. The molecular formula is C12H16ClN3O2. The Morgan fingerprint density at radius 3 is 3.00 bits per heavy atom. The third-order valence-electron chi connectivity index (χ3n) is 3.00. The van der Waals surface area contributed by atoms with Crippen molar-refractivity contribution in [3.63, 3.8) is 0 Å². The van der Waals surface area contributed by atoms with E-state index in [-0.39, 0.29) is 24.1 Å². The standard InChI is InChI=1S/C12H16ClN3O2/c1-2-18-10-5-8(14)11(10)16-12(17)9-4-3-7(13)6-15-9/h3-4,6,8,10-11H,2,5,14H2,1H3,(H,16,17). The Morgan fingerprint density at radius 2 is 2.44 bits per heavy atom. The molecule has 3 atom stereocenters. The van der Waals surface area contributed by atoms with E-state index in [2.05, 4.69) is 10.3 Å². The number of hydrogen-bond acceptors (Lipinski definition) is 4. The first kappa shape index (κ1) is 13.3. The zero-order valence-electron chi connectivity index (χ0n) is 10.1. The van der Waals surface area contributed by atoms with Gasteiger partial charge in [-0.25, -0.2) is 4.98 Å². The topological polar surface area (TPSA) is 77.2 Å². The van der Waals surface area contributed by atoms with Gasteiger partial charge in [-0.2, -0.15) is 0 Å². The van der Waals surface area contributed by atoms with E-state index in [4.69, 9.17) is 22.1 Å². The van der Waals surface area contributed by atoms with Crippen molar-refractivity contribution < 1.29 is 9.53 Å². The van der Waals surface area contributed by atoms with Gasteiger partial charge in [0.1, 0.15) is 5.69 Å². The number of nitrogens with one attached hydrogen (secondary N) is 1. The Bertz CT molecular complexity index is 422. The van der Waals surface area contributed by atoms with E-state index >= 15 is 0 Å². The third kappa shape index (κ3) is 2.80. The molecule has 1 heterocycles. The normalized spacial score (nSPS) is 26.5. The van der Waals surface area contributed by atoms with Crippen LogP contribution in [0.2, 0.25) is 5.02 Å². The van der Waals surface area contributed by atoms with Crippen LogP contribution in [0, 0.1) is 0 Å². The van der Waals surface area contributed by atoms with Crippen molar-refractivity contribution in [2.45, 2.75) is 31.5 Å². The predicted octanol–water partition coefficient (Wildman–Crippen LogP) is 0.970. The molecule has 98 valence electrons. The fraction of sp³-hybridized carbons (Fsp3) is 0.500. The molecule has 3 N–H and O–H groups in total. The second-order valence-electron chi connectivity index (χ2n) is 4.25. The molecule has 1 amide bonds. The summed E-state index contributed by atoms with van der Waals surface area (Å²) in [4.78, 5) is 15.9. The van der Waals surface area contributed by atoms with Gasteiger partial charge in [0, 0.05) is 18.8 Å². The second kappa shape index (κ2) is 5.65. The van der Waals surface area contributed by atoms with Crippen LogP contribution in [-0.2, 0) is 4.74 Å². The fourth-order valence-electron chi connectivity index (χ4n) is 1.96. The summed E-state index contributed by atoms with van der Waals surface area (Å²) in [6.45, 7) is 2.53. The van der Waals surface area contributed by atoms with E-state index in [9.17, 15) is 4.79 Å². The van der Waals surface area contributed by atoms with Crippen LogP contribution in [-0.4, -0.2) is 35.7 Å². The maximum Gasteiger partial charge on any atom is 0.270 e. The number of carbonyl (C=O) groups excluding carboxylic acids is 1. The Hall–Kier alpha value is -1.17. The fourth-order valence-corrected chi connectivity index (χ4v) is 2.07. The molecule has 0 saturated heterocycles. The van der Waals surface area contributed by atoms with Crippen LogP contribution in [0.1, 0.15) is 23.8 Å². The number of amides is 1. The van der Waals surface area contributed by atoms with E-state index in [0.717, 1.165) is 6.42 Å². The molecule has 1 aromatic heterocycles. The summed E-state index contributed by atoms with van der Waals surface area (Å²) in [7, 11) is 0. The molecule has 1 saturated carbocycles. The summed E-state index contributed by atoms with van der Waals surface area (Å²) >= 11 is 5.71. The first-order valence-corrected chi connectivity index (χ1v) is 6.29. The highest BCUT2D eigenvalue weighted by Gasteiger charge is 2.40. The molecule has 0 radical (unpaired) electrons. The number of carbonyl (C=O) groups is 1. The molecule has 0 aliphatic heterocycles. The van der Waals surface area contributed by atoms with Crippen LogP contribution in [0.4, 0.5) is 0 Å². The van der Waals surface area contributed by atoms with Gasteiger partial charge in [-0.05, 0) is 25.5 Å². The first-order valence-electron chi connectivity index (χ1n) is 5.91. The molecular weight excluding hydrogens is 254 g/mol. The van der Waals surface area contributed by atoms with Gasteiger partial charge in [-0.15, -0.1) is 0 Å². The lowest BCUT2D eigenvalue weighted by atomic mass is 9.83. The summed E-state index contributed by atoms with van der Waals surface area (Å²) in [6, 6.07) is 3.01. The zero-order chi connectivity index (χ0) is 13.1. The lowest BCUT2D eigenvalue weighted by molar-refractivity contribution is -0.0300. The van der Waals surface area contributed by atoms with Gasteiger partial charge in [-0.1, -0.05) is 11.6 Å². The molecule has 1 aliphatic carbocycles. The maximum absolute atomic E-state index is 11.9. The second-order valence-corrected chi connectivity index (χ2v) is 4.69. The molecule has 0 spiro atoms. The van der Waals surface area contributed by atoms with Gasteiger partial charge in [-0.3, -0.25) is 4.79 Å². The molecule has 2 rings (SSSR count). The third-order valence-corrected chi connectivity index (χ3v) is 3.23.